The normalized spacial score (nSPS) is 9.57. The molecule has 0 aliphatic carbocycles. The number of ether oxygens (including phenoxy) is 1. The van der Waals surface area contributed by atoms with Gasteiger partial charge >= 0.3 is 0 Å². The van der Waals surface area contributed by atoms with E-state index < -0.39 is 11.7 Å². The van der Waals surface area contributed by atoms with Crippen LogP contribution in [0.3, 0.4) is 0 Å². The molecule has 0 spiro atoms. The van der Waals surface area contributed by atoms with Gasteiger partial charge in [-0.15, -0.1) is 0 Å². The molecule has 0 aliphatic rings. The van der Waals surface area contributed by atoms with Crippen LogP contribution in [-0.4, -0.2) is 19.3 Å². The van der Waals surface area contributed by atoms with E-state index in [-0.39, 0.29) is 23.2 Å². The average molecular weight is 197 g/mol. The number of rotatable bonds is 3. The first kappa shape index (κ1) is 10.2. The van der Waals surface area contributed by atoms with E-state index in [1.807, 2.05) is 0 Å². The number of carbonyl (C=O) groups excluding carboxylic acids is 2. The predicted octanol–water partition coefficient (Wildman–Crippen LogP) is 0.746. The quantitative estimate of drug-likeness (QED) is 0.726. The largest absolute Gasteiger partial charge is 0.497 e. The van der Waals surface area contributed by atoms with E-state index in [1.165, 1.54) is 13.2 Å². The number of hydrogen-bond acceptors (Lipinski definition) is 3. The molecule has 0 saturated heterocycles. The van der Waals surface area contributed by atoms with Gasteiger partial charge in [0.1, 0.15) is 11.6 Å². The first-order chi connectivity index (χ1) is 6.60. The summed E-state index contributed by atoms with van der Waals surface area (Å²) in [4.78, 5) is 21.3. The van der Waals surface area contributed by atoms with Crippen LogP contribution in [-0.2, 0) is 0 Å². The standard InChI is InChI=1S/C9H8FNO3/c1-14-5-2-6(9(11)13)7(4-12)8(10)3-5/h2-4H,1H3,(H2,11,13). The van der Waals surface area contributed by atoms with E-state index in [0.29, 0.717) is 0 Å². The second kappa shape index (κ2) is 3.87. The third-order valence-corrected chi connectivity index (χ3v) is 1.72. The highest BCUT2D eigenvalue weighted by atomic mass is 19.1. The zero-order chi connectivity index (χ0) is 10.7. The lowest BCUT2D eigenvalue weighted by Crippen LogP contribution is -2.15. The smallest absolute Gasteiger partial charge is 0.249 e. The molecule has 5 heteroatoms. The summed E-state index contributed by atoms with van der Waals surface area (Å²) in [6.07, 6.45) is 0.245. The molecular formula is C9H8FNO3. The molecule has 1 aromatic carbocycles. The number of carbonyl (C=O) groups is 2. The van der Waals surface area contributed by atoms with Crippen LogP contribution in [0.25, 0.3) is 0 Å². The fourth-order valence-corrected chi connectivity index (χ4v) is 1.03. The van der Waals surface area contributed by atoms with Crippen molar-refractivity contribution in [1.29, 1.82) is 0 Å². The van der Waals surface area contributed by atoms with Crippen LogP contribution in [0.1, 0.15) is 20.7 Å². The Balaban J connectivity index is 3.43. The SMILES string of the molecule is COc1cc(F)c(C=O)c(C(N)=O)c1. The minimum Gasteiger partial charge on any atom is -0.497 e. The van der Waals surface area contributed by atoms with Crippen molar-refractivity contribution >= 4 is 12.2 Å². The van der Waals surface area contributed by atoms with Gasteiger partial charge in [-0.05, 0) is 6.07 Å². The number of benzene rings is 1. The van der Waals surface area contributed by atoms with Crippen molar-refractivity contribution in [3.63, 3.8) is 0 Å². The molecule has 2 N–H and O–H groups in total. The molecular weight excluding hydrogens is 189 g/mol. The molecule has 0 unspecified atom stereocenters. The van der Waals surface area contributed by atoms with E-state index in [1.54, 1.807) is 0 Å². The van der Waals surface area contributed by atoms with Gasteiger partial charge < -0.3 is 10.5 Å². The number of hydrogen-bond donors (Lipinski definition) is 1. The topological polar surface area (TPSA) is 69.4 Å². The van der Waals surface area contributed by atoms with Gasteiger partial charge in [0, 0.05) is 6.07 Å². The molecule has 14 heavy (non-hydrogen) atoms. The van der Waals surface area contributed by atoms with Crippen LogP contribution >= 0.6 is 0 Å². The van der Waals surface area contributed by atoms with Gasteiger partial charge in [0.15, 0.2) is 6.29 Å². The first-order valence-corrected chi connectivity index (χ1v) is 3.72. The van der Waals surface area contributed by atoms with Gasteiger partial charge in [-0.1, -0.05) is 0 Å². The summed E-state index contributed by atoms with van der Waals surface area (Å²) in [5, 5.41) is 0. The highest BCUT2D eigenvalue weighted by Gasteiger charge is 2.14. The number of methoxy groups -OCH3 is 1. The van der Waals surface area contributed by atoms with Crippen LogP contribution in [0, 0.1) is 5.82 Å². The highest BCUT2D eigenvalue weighted by Crippen LogP contribution is 2.19. The van der Waals surface area contributed by atoms with Crippen LogP contribution in [0.5, 0.6) is 5.75 Å². The summed E-state index contributed by atoms with van der Waals surface area (Å²) in [5.41, 5.74) is 4.43. The Kier molecular flexibility index (Phi) is 2.81. The Bertz CT molecular complexity index is 390. The van der Waals surface area contributed by atoms with E-state index in [4.69, 9.17) is 10.5 Å². The van der Waals surface area contributed by atoms with Crippen molar-refractivity contribution in [2.75, 3.05) is 7.11 Å². The van der Waals surface area contributed by atoms with Gasteiger partial charge in [0.25, 0.3) is 0 Å². The maximum Gasteiger partial charge on any atom is 0.249 e. The number of primary amides is 1. The van der Waals surface area contributed by atoms with E-state index in [2.05, 4.69) is 0 Å². The minimum atomic E-state index is -0.870. The van der Waals surface area contributed by atoms with Crippen LogP contribution in [0.4, 0.5) is 4.39 Å². The maximum absolute atomic E-state index is 13.1. The lowest BCUT2D eigenvalue weighted by atomic mass is 10.1. The van der Waals surface area contributed by atoms with E-state index in [0.717, 1.165) is 6.07 Å². The Hall–Kier alpha value is -1.91. The molecule has 1 aromatic rings. The summed E-state index contributed by atoms with van der Waals surface area (Å²) >= 11 is 0. The highest BCUT2D eigenvalue weighted by molar-refractivity contribution is 6.01. The van der Waals surface area contributed by atoms with Crippen molar-refractivity contribution in [3.8, 4) is 5.75 Å². The molecule has 0 fully saturated rings. The van der Waals surface area contributed by atoms with E-state index >= 15 is 0 Å². The Morgan fingerprint density at radius 1 is 1.57 bits per heavy atom. The molecule has 0 heterocycles. The molecule has 1 amide bonds. The second-order valence-electron chi connectivity index (χ2n) is 2.55. The zero-order valence-electron chi connectivity index (χ0n) is 7.41. The number of nitrogens with two attached hydrogens (primary N) is 1. The van der Waals surface area contributed by atoms with Gasteiger partial charge in [0.05, 0.1) is 18.2 Å². The summed E-state index contributed by atoms with van der Waals surface area (Å²) in [6, 6.07) is 2.23. The maximum atomic E-state index is 13.1. The van der Waals surface area contributed by atoms with Gasteiger partial charge in [0.2, 0.25) is 5.91 Å². The Morgan fingerprint density at radius 3 is 2.64 bits per heavy atom. The van der Waals surface area contributed by atoms with Gasteiger partial charge in [-0.3, -0.25) is 9.59 Å². The fourth-order valence-electron chi connectivity index (χ4n) is 1.03. The fraction of sp³-hybridized carbons (Fsp3) is 0.111. The predicted molar refractivity (Wildman–Crippen MR) is 46.9 cm³/mol. The van der Waals surface area contributed by atoms with Crippen LogP contribution in [0.15, 0.2) is 12.1 Å². The number of amides is 1. The van der Waals surface area contributed by atoms with Crippen molar-refractivity contribution in [1.82, 2.24) is 0 Å². The van der Waals surface area contributed by atoms with Gasteiger partial charge in [-0.2, -0.15) is 0 Å². The minimum absolute atomic E-state index is 0.141. The first-order valence-electron chi connectivity index (χ1n) is 3.72. The van der Waals surface area contributed by atoms with Crippen LogP contribution in [0.2, 0.25) is 0 Å². The lowest BCUT2D eigenvalue weighted by Gasteiger charge is -2.05. The molecule has 74 valence electrons. The van der Waals surface area contributed by atoms with Crippen molar-refractivity contribution in [2.24, 2.45) is 5.73 Å². The lowest BCUT2D eigenvalue weighted by molar-refractivity contribution is 0.0991. The molecule has 0 aliphatic heterocycles. The summed E-state index contributed by atoms with van der Waals surface area (Å²) in [7, 11) is 1.32. The number of aldehydes is 1. The third-order valence-electron chi connectivity index (χ3n) is 1.72. The van der Waals surface area contributed by atoms with Gasteiger partial charge in [-0.25, -0.2) is 4.39 Å². The molecule has 0 saturated carbocycles. The summed E-state index contributed by atoms with van der Waals surface area (Å²) in [5.74, 6) is -1.56. The Morgan fingerprint density at radius 2 is 2.21 bits per heavy atom. The van der Waals surface area contributed by atoms with Crippen LogP contribution < -0.4 is 10.5 Å². The zero-order valence-corrected chi connectivity index (χ0v) is 7.41. The van der Waals surface area contributed by atoms with E-state index in [9.17, 15) is 14.0 Å². The summed E-state index contributed by atoms with van der Waals surface area (Å²) in [6.45, 7) is 0. The van der Waals surface area contributed by atoms with Crippen molar-refractivity contribution < 1.29 is 18.7 Å². The molecule has 0 radical (unpaired) electrons. The third kappa shape index (κ3) is 1.71. The monoisotopic (exact) mass is 197 g/mol. The molecule has 1 rings (SSSR count). The van der Waals surface area contributed by atoms with Crippen molar-refractivity contribution in [2.45, 2.75) is 0 Å². The molecule has 0 aromatic heterocycles. The summed E-state index contributed by atoms with van der Waals surface area (Å²) < 4.78 is 17.9. The Labute approximate surface area is 79.5 Å². The second-order valence-corrected chi connectivity index (χ2v) is 2.55. The average Bonchev–Trinajstić information content (AvgIpc) is 2.16. The molecule has 4 nitrogen and oxygen atoms in total. The molecule has 0 atom stereocenters. The molecule has 0 bridgehead atoms. The number of halogens is 1. The van der Waals surface area contributed by atoms with Crippen molar-refractivity contribution in [3.05, 3.63) is 29.1 Å².